The summed E-state index contributed by atoms with van der Waals surface area (Å²) in [6.45, 7) is 0.868. The number of nitriles is 1. The predicted octanol–water partition coefficient (Wildman–Crippen LogP) is 3.87. The smallest absolute Gasteiger partial charge is 0.417 e. The zero-order valence-electron chi connectivity index (χ0n) is 20.9. The van der Waals surface area contributed by atoms with Gasteiger partial charge in [-0.1, -0.05) is 6.07 Å². The van der Waals surface area contributed by atoms with E-state index in [0.717, 1.165) is 12.1 Å². The van der Waals surface area contributed by atoms with E-state index in [1.807, 2.05) is 6.07 Å². The third-order valence-electron chi connectivity index (χ3n) is 6.50. The number of rotatable bonds is 8. The first-order valence-electron chi connectivity index (χ1n) is 11.8. The van der Waals surface area contributed by atoms with Crippen LogP contribution >= 0.6 is 0 Å². The fraction of sp³-hybridized carbons (Fsp3) is 0.542. The summed E-state index contributed by atoms with van der Waals surface area (Å²) < 4.78 is 78.8. The lowest BCUT2D eigenvalue weighted by Gasteiger charge is -2.18. The standard InChI is InChI=1S/C19H23F3N2O4S.C5H6N2O2/c1-27-8-7-24-12-14(11-23-24)13-3-6-18(17(9-13)19(20,21)22)29(25,26)16-5-4-15(10-16)28-2;6-3-5(1-2-5)7-4(8)9/h3,6,9,11-12,15-16H,4-5,7-8,10H2,1-2H3;7H,1-2H2,(H,8,9)/t15-,16-;/m1./s1. The van der Waals surface area contributed by atoms with E-state index in [2.05, 4.69) is 10.4 Å². The molecule has 2 aromatic rings. The third-order valence-corrected chi connectivity index (χ3v) is 8.78. The highest BCUT2D eigenvalue weighted by atomic mass is 32.2. The minimum absolute atomic E-state index is 0.199. The van der Waals surface area contributed by atoms with Crippen molar-refractivity contribution in [2.75, 3.05) is 20.8 Å². The maximum Gasteiger partial charge on any atom is 0.417 e. The van der Waals surface area contributed by atoms with Gasteiger partial charge in [0.05, 0.1) is 47.2 Å². The Morgan fingerprint density at radius 1 is 1.29 bits per heavy atom. The van der Waals surface area contributed by atoms with E-state index in [4.69, 9.17) is 19.8 Å². The average molecular weight is 559 g/mol. The van der Waals surface area contributed by atoms with Crippen LogP contribution in [-0.2, 0) is 32.0 Å². The maximum atomic E-state index is 13.7. The maximum absolute atomic E-state index is 13.7. The molecule has 4 rings (SSSR count). The van der Waals surface area contributed by atoms with Crippen molar-refractivity contribution >= 4 is 15.9 Å². The Kier molecular flexibility index (Phi) is 9.06. The van der Waals surface area contributed by atoms with E-state index >= 15 is 0 Å². The Balaban J connectivity index is 0.000000375. The zero-order valence-corrected chi connectivity index (χ0v) is 21.7. The Morgan fingerprint density at radius 3 is 2.50 bits per heavy atom. The van der Waals surface area contributed by atoms with Gasteiger partial charge >= 0.3 is 12.3 Å². The van der Waals surface area contributed by atoms with E-state index in [0.29, 0.717) is 38.0 Å². The van der Waals surface area contributed by atoms with Crippen molar-refractivity contribution in [1.29, 1.82) is 5.26 Å². The summed E-state index contributed by atoms with van der Waals surface area (Å²) in [6.07, 6.45) is -0.829. The molecule has 1 aromatic carbocycles. The Morgan fingerprint density at radius 2 is 2.00 bits per heavy atom. The molecule has 2 fully saturated rings. The highest BCUT2D eigenvalue weighted by Crippen LogP contribution is 2.40. The Labute approximate surface area is 218 Å². The molecule has 10 nitrogen and oxygen atoms in total. The number of nitrogens with zero attached hydrogens (tertiary/aromatic N) is 3. The van der Waals surface area contributed by atoms with Crippen LogP contribution in [0.5, 0.6) is 0 Å². The van der Waals surface area contributed by atoms with Crippen LogP contribution in [0.25, 0.3) is 11.1 Å². The molecule has 1 amide bonds. The molecular formula is C24H29F3N4O6S. The Hall–Kier alpha value is -3.15. The second kappa shape index (κ2) is 11.7. The van der Waals surface area contributed by atoms with Gasteiger partial charge in [0.1, 0.15) is 5.54 Å². The number of carboxylic acid groups (broad SMARTS) is 1. The number of hydrogen-bond donors (Lipinski definition) is 2. The van der Waals surface area contributed by atoms with Gasteiger partial charge in [0.15, 0.2) is 9.84 Å². The molecular weight excluding hydrogens is 529 g/mol. The number of benzene rings is 1. The normalized spacial score (nSPS) is 20.2. The van der Waals surface area contributed by atoms with Crippen LogP contribution in [0.2, 0.25) is 0 Å². The van der Waals surface area contributed by atoms with Crippen LogP contribution in [0, 0.1) is 11.3 Å². The first-order valence-corrected chi connectivity index (χ1v) is 13.3. The SMILES string of the molecule is COCCn1cc(-c2ccc(S(=O)(=O)[C@@H]3CC[C@@H](OC)C3)c(C(F)(F)F)c2)cn1.N#CC1(NC(=O)O)CC1. The molecule has 0 unspecified atom stereocenters. The fourth-order valence-corrected chi connectivity index (χ4v) is 6.18. The molecule has 2 N–H and O–H groups in total. The number of ether oxygens (including phenoxy) is 2. The third kappa shape index (κ3) is 7.03. The van der Waals surface area contributed by atoms with Crippen LogP contribution in [-0.4, -0.2) is 67.1 Å². The number of hydrogen-bond acceptors (Lipinski definition) is 7. The van der Waals surface area contributed by atoms with Crippen molar-refractivity contribution in [3.8, 4) is 17.2 Å². The van der Waals surface area contributed by atoms with Gasteiger partial charge in [-0.15, -0.1) is 0 Å². The number of nitrogens with one attached hydrogen (secondary N) is 1. The summed E-state index contributed by atoms with van der Waals surface area (Å²) >= 11 is 0. The van der Waals surface area contributed by atoms with Crippen molar-refractivity contribution in [2.24, 2.45) is 0 Å². The van der Waals surface area contributed by atoms with Gasteiger partial charge in [-0.25, -0.2) is 13.2 Å². The molecule has 0 spiro atoms. The van der Waals surface area contributed by atoms with Crippen LogP contribution in [0.15, 0.2) is 35.5 Å². The lowest BCUT2D eigenvalue weighted by molar-refractivity contribution is -0.139. The van der Waals surface area contributed by atoms with Crippen LogP contribution in [0.4, 0.5) is 18.0 Å². The highest BCUT2D eigenvalue weighted by Gasteiger charge is 2.45. The predicted molar refractivity (Wildman–Crippen MR) is 129 cm³/mol. The molecule has 14 heteroatoms. The average Bonchev–Trinajstić information content (AvgIpc) is 3.24. The first kappa shape index (κ1) is 29.4. The summed E-state index contributed by atoms with van der Waals surface area (Å²) in [5.41, 5.74) is -1.16. The van der Waals surface area contributed by atoms with Crippen molar-refractivity contribution in [3.05, 3.63) is 36.2 Å². The minimum Gasteiger partial charge on any atom is -0.465 e. The molecule has 2 saturated carbocycles. The van der Waals surface area contributed by atoms with Gasteiger partial charge in [0.2, 0.25) is 0 Å². The van der Waals surface area contributed by atoms with Gasteiger partial charge in [-0.3, -0.25) is 4.68 Å². The molecule has 208 valence electrons. The molecule has 1 heterocycles. The fourth-order valence-electron chi connectivity index (χ4n) is 4.17. The molecule has 2 aliphatic carbocycles. The van der Waals surface area contributed by atoms with Crippen molar-refractivity contribution in [3.63, 3.8) is 0 Å². The number of aromatic nitrogens is 2. The topological polar surface area (TPSA) is 144 Å². The second-order valence-corrected chi connectivity index (χ2v) is 11.4. The van der Waals surface area contributed by atoms with Gasteiger partial charge in [0, 0.05) is 26.0 Å². The zero-order chi connectivity index (χ0) is 28.1. The van der Waals surface area contributed by atoms with E-state index < -0.39 is 43.4 Å². The second-order valence-electron chi connectivity index (χ2n) is 9.16. The number of halogens is 3. The molecule has 2 atom stereocenters. The summed E-state index contributed by atoms with van der Waals surface area (Å²) in [7, 11) is -1.12. The summed E-state index contributed by atoms with van der Waals surface area (Å²) in [5, 5.41) is 21.8. The lowest BCUT2D eigenvalue weighted by Crippen LogP contribution is -2.33. The number of amides is 1. The lowest BCUT2D eigenvalue weighted by atomic mass is 10.1. The molecule has 2 aliphatic rings. The molecule has 0 radical (unpaired) electrons. The van der Waals surface area contributed by atoms with Crippen LogP contribution in [0.1, 0.15) is 37.7 Å². The number of sulfone groups is 1. The van der Waals surface area contributed by atoms with E-state index in [1.165, 1.54) is 19.4 Å². The van der Waals surface area contributed by atoms with Crippen molar-refractivity contribution < 1.29 is 41.0 Å². The Bertz CT molecular complexity index is 1280. The minimum atomic E-state index is -4.80. The summed E-state index contributed by atoms with van der Waals surface area (Å²) in [5.74, 6) is 0. The summed E-state index contributed by atoms with van der Waals surface area (Å²) in [6, 6.07) is 5.22. The molecule has 0 saturated heterocycles. The van der Waals surface area contributed by atoms with E-state index in [9.17, 15) is 26.4 Å². The van der Waals surface area contributed by atoms with Gasteiger partial charge < -0.3 is 19.9 Å². The van der Waals surface area contributed by atoms with Crippen LogP contribution < -0.4 is 5.32 Å². The van der Waals surface area contributed by atoms with Crippen LogP contribution in [0.3, 0.4) is 0 Å². The monoisotopic (exact) mass is 558 g/mol. The summed E-state index contributed by atoms with van der Waals surface area (Å²) in [4.78, 5) is 9.27. The van der Waals surface area contributed by atoms with E-state index in [1.54, 1.807) is 18.0 Å². The number of methoxy groups -OCH3 is 2. The van der Waals surface area contributed by atoms with E-state index in [-0.39, 0.29) is 24.5 Å². The van der Waals surface area contributed by atoms with Crippen molar-refractivity contribution in [2.45, 2.75) is 66.6 Å². The molecule has 0 bridgehead atoms. The number of carbonyl (C=O) groups is 1. The molecule has 38 heavy (non-hydrogen) atoms. The quantitative estimate of drug-likeness (QED) is 0.497. The van der Waals surface area contributed by atoms with Gasteiger partial charge in [0.25, 0.3) is 0 Å². The van der Waals surface area contributed by atoms with Gasteiger partial charge in [-0.05, 0) is 49.8 Å². The van der Waals surface area contributed by atoms with Crippen molar-refractivity contribution in [1.82, 2.24) is 15.1 Å². The molecule has 0 aliphatic heterocycles. The largest absolute Gasteiger partial charge is 0.465 e. The molecule has 1 aromatic heterocycles. The first-order chi connectivity index (χ1) is 17.8. The highest BCUT2D eigenvalue weighted by molar-refractivity contribution is 7.92. The van der Waals surface area contributed by atoms with Gasteiger partial charge in [-0.2, -0.15) is 23.5 Å². The number of alkyl halides is 3.